The van der Waals surface area contributed by atoms with Gasteiger partial charge in [-0.2, -0.15) is 5.10 Å². The number of esters is 1. The summed E-state index contributed by atoms with van der Waals surface area (Å²) in [7, 11) is 1.28. The van der Waals surface area contributed by atoms with Crippen molar-refractivity contribution in [1.82, 2.24) is 4.98 Å². The van der Waals surface area contributed by atoms with Crippen LogP contribution in [0.5, 0.6) is 5.75 Å². The summed E-state index contributed by atoms with van der Waals surface area (Å²) in [5, 5.41) is 6.00. The Bertz CT molecular complexity index is 750. The zero-order valence-electron chi connectivity index (χ0n) is 13.0. The Labute approximate surface area is 141 Å². The Morgan fingerprint density at radius 3 is 2.96 bits per heavy atom. The first-order valence-corrected chi connectivity index (χ1v) is 7.83. The fourth-order valence-electron chi connectivity index (χ4n) is 1.85. The second-order valence-electron chi connectivity index (χ2n) is 4.51. The van der Waals surface area contributed by atoms with Gasteiger partial charge in [-0.3, -0.25) is 10.2 Å². The molecule has 0 atom stereocenters. The molecule has 1 N–H and O–H groups in total. The summed E-state index contributed by atoms with van der Waals surface area (Å²) in [6, 6.07) is 1.83. The number of hydrogen-bond acceptors (Lipinski definition) is 7. The molecule has 9 heteroatoms. The minimum atomic E-state index is -0.815. The lowest BCUT2D eigenvalue weighted by Gasteiger charge is -2.05. The SMILES string of the molecule is CCOC(=O)Cc1csc(NN=Cc2cc(F)cc(F)c2OC)n1. The third-order valence-corrected chi connectivity index (χ3v) is 3.58. The number of anilines is 1. The molecule has 0 saturated carbocycles. The Kier molecular flexibility index (Phi) is 6.19. The maximum absolute atomic E-state index is 13.5. The van der Waals surface area contributed by atoms with Crippen LogP contribution in [0, 0.1) is 11.6 Å². The Hall–Kier alpha value is -2.55. The van der Waals surface area contributed by atoms with Crippen LogP contribution in [-0.4, -0.2) is 30.9 Å². The minimum absolute atomic E-state index is 0.0681. The van der Waals surface area contributed by atoms with Crippen LogP contribution in [0.15, 0.2) is 22.6 Å². The fourth-order valence-corrected chi connectivity index (χ4v) is 2.51. The van der Waals surface area contributed by atoms with E-state index in [2.05, 4.69) is 15.5 Å². The number of nitrogens with one attached hydrogen (secondary N) is 1. The summed E-state index contributed by atoms with van der Waals surface area (Å²) in [6.07, 6.45) is 1.29. The van der Waals surface area contributed by atoms with Crippen molar-refractivity contribution in [3.63, 3.8) is 0 Å². The number of hydrazone groups is 1. The summed E-state index contributed by atoms with van der Waals surface area (Å²) in [5.74, 6) is -2.02. The molecule has 2 rings (SSSR count). The van der Waals surface area contributed by atoms with Gasteiger partial charge in [-0.05, 0) is 13.0 Å². The molecule has 0 aliphatic rings. The number of ether oxygens (including phenoxy) is 2. The lowest BCUT2D eigenvalue weighted by atomic mass is 10.2. The molecule has 1 aromatic heterocycles. The Balaban J connectivity index is 2.02. The van der Waals surface area contributed by atoms with Crippen molar-refractivity contribution in [3.8, 4) is 5.75 Å². The van der Waals surface area contributed by atoms with E-state index >= 15 is 0 Å². The molecule has 0 spiro atoms. The van der Waals surface area contributed by atoms with Crippen molar-refractivity contribution >= 4 is 28.7 Å². The van der Waals surface area contributed by atoms with E-state index in [-0.39, 0.29) is 23.7 Å². The zero-order valence-corrected chi connectivity index (χ0v) is 13.8. The lowest BCUT2D eigenvalue weighted by molar-refractivity contribution is -0.142. The van der Waals surface area contributed by atoms with Gasteiger partial charge in [-0.1, -0.05) is 0 Å². The van der Waals surface area contributed by atoms with Gasteiger partial charge in [-0.25, -0.2) is 13.8 Å². The summed E-state index contributed by atoms with van der Waals surface area (Å²) in [4.78, 5) is 15.5. The smallest absolute Gasteiger partial charge is 0.311 e. The van der Waals surface area contributed by atoms with E-state index in [1.807, 2.05) is 0 Å². The van der Waals surface area contributed by atoms with Gasteiger partial charge in [0, 0.05) is 17.0 Å². The molecule has 1 heterocycles. The topological polar surface area (TPSA) is 72.8 Å². The van der Waals surface area contributed by atoms with Crippen LogP contribution in [0.25, 0.3) is 0 Å². The lowest BCUT2D eigenvalue weighted by Crippen LogP contribution is -2.07. The van der Waals surface area contributed by atoms with Crippen LogP contribution in [0.1, 0.15) is 18.2 Å². The number of nitrogens with zero attached hydrogens (tertiary/aromatic N) is 2. The molecule has 0 amide bonds. The van der Waals surface area contributed by atoms with E-state index in [1.54, 1.807) is 12.3 Å². The van der Waals surface area contributed by atoms with Crippen LogP contribution in [-0.2, 0) is 16.0 Å². The monoisotopic (exact) mass is 355 g/mol. The Morgan fingerprint density at radius 1 is 1.46 bits per heavy atom. The second kappa shape index (κ2) is 8.34. The van der Waals surface area contributed by atoms with E-state index in [1.165, 1.54) is 24.7 Å². The van der Waals surface area contributed by atoms with Crippen molar-refractivity contribution in [3.05, 3.63) is 40.4 Å². The van der Waals surface area contributed by atoms with E-state index in [4.69, 9.17) is 9.47 Å². The van der Waals surface area contributed by atoms with Crippen LogP contribution in [0.4, 0.5) is 13.9 Å². The fraction of sp³-hybridized carbons (Fsp3) is 0.267. The number of aromatic nitrogens is 1. The van der Waals surface area contributed by atoms with Gasteiger partial charge >= 0.3 is 5.97 Å². The van der Waals surface area contributed by atoms with E-state index in [0.29, 0.717) is 17.4 Å². The van der Waals surface area contributed by atoms with E-state index in [0.717, 1.165) is 12.1 Å². The molecule has 6 nitrogen and oxygen atoms in total. The summed E-state index contributed by atoms with van der Waals surface area (Å²) < 4.78 is 36.5. The predicted molar refractivity (Wildman–Crippen MR) is 86.6 cm³/mol. The molecule has 1 aromatic carbocycles. The van der Waals surface area contributed by atoms with Crippen LogP contribution in [0.2, 0.25) is 0 Å². The number of methoxy groups -OCH3 is 1. The number of rotatable bonds is 7. The van der Waals surface area contributed by atoms with Crippen molar-refractivity contribution < 1.29 is 23.0 Å². The molecule has 0 saturated heterocycles. The first kappa shape index (κ1) is 17.8. The minimum Gasteiger partial charge on any atom is -0.493 e. The van der Waals surface area contributed by atoms with Crippen molar-refractivity contribution in [1.29, 1.82) is 0 Å². The number of benzene rings is 1. The van der Waals surface area contributed by atoms with E-state index < -0.39 is 11.6 Å². The highest BCUT2D eigenvalue weighted by atomic mass is 32.1. The predicted octanol–water partition coefficient (Wildman–Crippen LogP) is 2.98. The number of thiazole rings is 1. The van der Waals surface area contributed by atoms with Gasteiger partial charge in [0.05, 0.1) is 32.0 Å². The number of carbonyl (C=O) groups excluding carboxylic acids is 1. The third kappa shape index (κ3) is 4.72. The maximum atomic E-state index is 13.5. The first-order chi connectivity index (χ1) is 11.5. The van der Waals surface area contributed by atoms with Crippen LogP contribution in [0.3, 0.4) is 0 Å². The van der Waals surface area contributed by atoms with Crippen LogP contribution < -0.4 is 10.2 Å². The Morgan fingerprint density at radius 2 is 2.25 bits per heavy atom. The molecular formula is C15H15F2N3O3S. The van der Waals surface area contributed by atoms with E-state index in [9.17, 15) is 13.6 Å². The van der Waals surface area contributed by atoms with Gasteiger partial charge in [0.15, 0.2) is 11.6 Å². The first-order valence-electron chi connectivity index (χ1n) is 6.95. The summed E-state index contributed by atoms with van der Waals surface area (Å²) >= 11 is 1.24. The van der Waals surface area contributed by atoms with Gasteiger partial charge < -0.3 is 9.47 Å². The number of hydrogen-bond donors (Lipinski definition) is 1. The van der Waals surface area contributed by atoms with Crippen molar-refractivity contribution in [2.45, 2.75) is 13.3 Å². The summed E-state index contributed by atoms with van der Waals surface area (Å²) in [5.41, 5.74) is 3.32. The van der Waals surface area contributed by atoms with Gasteiger partial charge in [0.1, 0.15) is 5.82 Å². The molecule has 0 aliphatic carbocycles. The maximum Gasteiger partial charge on any atom is 0.311 e. The molecule has 0 unspecified atom stereocenters. The molecule has 128 valence electrons. The normalized spacial score (nSPS) is 10.8. The second-order valence-corrected chi connectivity index (χ2v) is 5.36. The highest BCUT2D eigenvalue weighted by Gasteiger charge is 2.11. The average molecular weight is 355 g/mol. The van der Waals surface area contributed by atoms with Crippen molar-refractivity contribution in [2.75, 3.05) is 19.1 Å². The molecule has 0 fully saturated rings. The average Bonchev–Trinajstić information content (AvgIpc) is 2.94. The number of carbonyl (C=O) groups is 1. The molecule has 0 radical (unpaired) electrons. The quantitative estimate of drug-likeness (QED) is 0.470. The van der Waals surface area contributed by atoms with Gasteiger partial charge in [-0.15, -0.1) is 11.3 Å². The number of halogens is 2. The molecule has 2 aromatic rings. The standard InChI is InChI=1S/C15H15F2N3O3S/c1-3-23-13(21)6-11-8-24-15(19-11)20-18-7-9-4-10(16)5-12(17)14(9)22-2/h4-5,7-8H,3,6H2,1-2H3,(H,19,20). The van der Waals surface area contributed by atoms with Gasteiger partial charge in [0.25, 0.3) is 0 Å². The van der Waals surface area contributed by atoms with Crippen molar-refractivity contribution in [2.24, 2.45) is 5.10 Å². The molecular weight excluding hydrogens is 340 g/mol. The zero-order chi connectivity index (χ0) is 17.5. The summed E-state index contributed by atoms with van der Waals surface area (Å²) in [6.45, 7) is 2.04. The highest BCUT2D eigenvalue weighted by Crippen LogP contribution is 2.22. The highest BCUT2D eigenvalue weighted by molar-refractivity contribution is 7.13. The molecule has 0 bridgehead atoms. The molecule has 0 aliphatic heterocycles. The largest absolute Gasteiger partial charge is 0.493 e. The molecule has 24 heavy (non-hydrogen) atoms. The van der Waals surface area contributed by atoms with Gasteiger partial charge in [0.2, 0.25) is 5.13 Å². The third-order valence-electron chi connectivity index (χ3n) is 2.79. The van der Waals surface area contributed by atoms with Crippen LogP contribution >= 0.6 is 11.3 Å².